The van der Waals surface area contributed by atoms with E-state index in [1.165, 1.54) is 5.52 Å². The van der Waals surface area contributed by atoms with Gasteiger partial charge in [-0.05, 0) is 25.0 Å². The van der Waals surface area contributed by atoms with Crippen molar-refractivity contribution >= 4 is 11.0 Å². The van der Waals surface area contributed by atoms with Crippen molar-refractivity contribution in [3.8, 4) is 0 Å². The van der Waals surface area contributed by atoms with E-state index in [1.54, 1.807) is 0 Å². The molecule has 92 valence electrons. The van der Waals surface area contributed by atoms with Crippen LogP contribution in [0.25, 0.3) is 11.0 Å². The fourth-order valence-electron chi connectivity index (χ4n) is 2.08. The average Bonchev–Trinajstić information content (AvgIpc) is 2.65. The normalized spacial score (nSPS) is 13.5. The first-order chi connectivity index (χ1) is 8.13. The quantitative estimate of drug-likeness (QED) is 0.879. The number of imidazole rings is 1. The minimum Gasteiger partial charge on any atom is -0.328 e. The maximum atomic E-state index is 6.14. The minimum absolute atomic E-state index is 0.178. The highest BCUT2D eigenvalue weighted by molar-refractivity contribution is 5.75. The number of aromatic nitrogens is 2. The summed E-state index contributed by atoms with van der Waals surface area (Å²) in [6.07, 6.45) is 0.847. The van der Waals surface area contributed by atoms with Gasteiger partial charge in [0, 0.05) is 19.0 Å². The van der Waals surface area contributed by atoms with Gasteiger partial charge in [-0.2, -0.15) is 0 Å². The fraction of sp³-hybridized carbons (Fsp3) is 0.500. The predicted octanol–water partition coefficient (Wildman–Crippen LogP) is 2.58. The first kappa shape index (κ1) is 12.1. The monoisotopic (exact) mass is 231 g/mol. The second-order valence-electron chi connectivity index (χ2n) is 4.87. The largest absolute Gasteiger partial charge is 0.328 e. The Kier molecular flexibility index (Phi) is 3.48. The molecule has 0 aliphatic rings. The topological polar surface area (TPSA) is 43.8 Å². The highest BCUT2D eigenvalue weighted by Gasteiger charge is 2.14. The molecule has 0 saturated carbocycles. The lowest BCUT2D eigenvalue weighted by molar-refractivity contribution is 0.474. The molecule has 1 unspecified atom stereocenters. The lowest BCUT2D eigenvalue weighted by Crippen LogP contribution is -2.30. The smallest absolute Gasteiger partial charge is 0.111 e. The average molecular weight is 231 g/mol. The summed E-state index contributed by atoms with van der Waals surface area (Å²) < 4.78 is 2.26. The Labute approximate surface area is 103 Å². The lowest BCUT2D eigenvalue weighted by atomic mass is 10.0. The molecule has 2 rings (SSSR count). The number of hydrogen-bond donors (Lipinski definition) is 1. The van der Waals surface area contributed by atoms with Crippen molar-refractivity contribution in [2.24, 2.45) is 11.7 Å². The maximum absolute atomic E-state index is 6.14. The molecule has 0 saturated heterocycles. The molecule has 0 amide bonds. The summed E-state index contributed by atoms with van der Waals surface area (Å²) >= 11 is 0. The van der Waals surface area contributed by atoms with Crippen LogP contribution in [0.1, 0.15) is 26.6 Å². The van der Waals surface area contributed by atoms with E-state index >= 15 is 0 Å². The zero-order chi connectivity index (χ0) is 12.4. The van der Waals surface area contributed by atoms with Crippen molar-refractivity contribution in [2.75, 3.05) is 0 Å². The third-order valence-corrected chi connectivity index (χ3v) is 3.32. The van der Waals surface area contributed by atoms with Crippen LogP contribution in [0, 0.1) is 5.92 Å². The van der Waals surface area contributed by atoms with Gasteiger partial charge >= 0.3 is 0 Å². The van der Waals surface area contributed by atoms with Crippen LogP contribution in [0.5, 0.6) is 0 Å². The second kappa shape index (κ2) is 4.88. The van der Waals surface area contributed by atoms with Crippen molar-refractivity contribution in [3.63, 3.8) is 0 Å². The van der Waals surface area contributed by atoms with Crippen LogP contribution in [-0.4, -0.2) is 15.6 Å². The van der Waals surface area contributed by atoms with Gasteiger partial charge in [-0.15, -0.1) is 0 Å². The zero-order valence-corrected chi connectivity index (χ0v) is 10.9. The molecule has 0 spiro atoms. The Bertz CT molecular complexity index is 499. The summed E-state index contributed by atoms with van der Waals surface area (Å²) in [4.78, 5) is 4.69. The van der Waals surface area contributed by atoms with Crippen molar-refractivity contribution < 1.29 is 0 Å². The molecule has 1 aromatic carbocycles. The highest BCUT2D eigenvalue weighted by Crippen LogP contribution is 2.17. The molecule has 3 nitrogen and oxygen atoms in total. The molecule has 2 N–H and O–H groups in total. The molecule has 1 heterocycles. The van der Waals surface area contributed by atoms with E-state index in [4.69, 9.17) is 5.73 Å². The summed E-state index contributed by atoms with van der Waals surface area (Å²) in [7, 11) is 0. The van der Waals surface area contributed by atoms with Crippen LogP contribution in [0.2, 0.25) is 0 Å². The number of fused-ring (bicyclic) bond motifs is 1. The molecular weight excluding hydrogens is 210 g/mol. The summed E-state index contributed by atoms with van der Waals surface area (Å²) in [5.41, 5.74) is 8.42. The molecular formula is C14H21N3. The van der Waals surface area contributed by atoms with Gasteiger partial charge in [0.1, 0.15) is 5.82 Å². The number of nitrogens with zero attached hydrogens (tertiary/aromatic N) is 2. The number of benzene rings is 1. The Hall–Kier alpha value is -1.35. The van der Waals surface area contributed by atoms with Gasteiger partial charge in [-0.25, -0.2) is 4.98 Å². The Balaban J connectivity index is 2.39. The number of rotatable bonds is 4. The van der Waals surface area contributed by atoms with Crippen LogP contribution in [0.3, 0.4) is 0 Å². The first-order valence-corrected chi connectivity index (χ1v) is 6.33. The standard InChI is InChI=1S/C14H21N3/c1-4-17-13-8-6-5-7-12(13)16-14(17)9-11(15)10(2)3/h5-8,10-11H,4,9,15H2,1-3H3. The number of hydrogen-bond acceptors (Lipinski definition) is 2. The van der Waals surface area contributed by atoms with E-state index in [-0.39, 0.29) is 6.04 Å². The highest BCUT2D eigenvalue weighted by atomic mass is 15.1. The third-order valence-electron chi connectivity index (χ3n) is 3.32. The number of para-hydroxylation sites is 2. The molecule has 1 atom stereocenters. The van der Waals surface area contributed by atoms with Gasteiger partial charge in [0.25, 0.3) is 0 Å². The van der Waals surface area contributed by atoms with Crippen molar-refractivity contribution in [2.45, 2.75) is 39.8 Å². The Morgan fingerprint density at radius 1 is 1.29 bits per heavy atom. The maximum Gasteiger partial charge on any atom is 0.111 e. The molecule has 3 heteroatoms. The van der Waals surface area contributed by atoms with Crippen molar-refractivity contribution in [1.29, 1.82) is 0 Å². The van der Waals surface area contributed by atoms with E-state index < -0.39 is 0 Å². The van der Waals surface area contributed by atoms with Crippen LogP contribution in [0.15, 0.2) is 24.3 Å². The van der Waals surface area contributed by atoms with Gasteiger partial charge in [0.2, 0.25) is 0 Å². The minimum atomic E-state index is 0.178. The Morgan fingerprint density at radius 2 is 2.00 bits per heavy atom. The summed E-state index contributed by atoms with van der Waals surface area (Å²) in [5, 5.41) is 0. The van der Waals surface area contributed by atoms with E-state index in [2.05, 4.69) is 48.5 Å². The summed E-state index contributed by atoms with van der Waals surface area (Å²) in [6.45, 7) is 7.41. The zero-order valence-electron chi connectivity index (χ0n) is 10.9. The van der Waals surface area contributed by atoms with E-state index in [0.29, 0.717) is 5.92 Å². The summed E-state index contributed by atoms with van der Waals surface area (Å²) in [5.74, 6) is 1.59. The van der Waals surface area contributed by atoms with Gasteiger partial charge in [-0.3, -0.25) is 0 Å². The second-order valence-corrected chi connectivity index (χ2v) is 4.87. The molecule has 17 heavy (non-hydrogen) atoms. The number of nitrogens with two attached hydrogens (primary N) is 1. The van der Waals surface area contributed by atoms with Crippen LogP contribution in [-0.2, 0) is 13.0 Å². The van der Waals surface area contributed by atoms with Crippen molar-refractivity contribution in [1.82, 2.24) is 9.55 Å². The van der Waals surface area contributed by atoms with Crippen molar-refractivity contribution in [3.05, 3.63) is 30.1 Å². The molecule has 2 aromatic rings. The fourth-order valence-corrected chi connectivity index (χ4v) is 2.08. The first-order valence-electron chi connectivity index (χ1n) is 6.33. The molecule has 0 aliphatic heterocycles. The van der Waals surface area contributed by atoms with Gasteiger partial charge < -0.3 is 10.3 Å². The molecule has 1 aromatic heterocycles. The summed E-state index contributed by atoms with van der Waals surface area (Å²) in [6, 6.07) is 8.45. The van der Waals surface area contributed by atoms with Crippen LogP contribution >= 0.6 is 0 Å². The third kappa shape index (κ3) is 2.34. The van der Waals surface area contributed by atoms with Gasteiger partial charge in [0.15, 0.2) is 0 Å². The van der Waals surface area contributed by atoms with E-state index in [1.807, 2.05) is 6.07 Å². The SMILES string of the molecule is CCn1c(CC(N)C(C)C)nc2ccccc21. The molecule has 0 aliphatic carbocycles. The van der Waals surface area contributed by atoms with Gasteiger partial charge in [-0.1, -0.05) is 26.0 Å². The van der Waals surface area contributed by atoms with Gasteiger partial charge in [0.05, 0.1) is 11.0 Å². The van der Waals surface area contributed by atoms with E-state index in [9.17, 15) is 0 Å². The molecule has 0 fully saturated rings. The lowest BCUT2D eigenvalue weighted by Gasteiger charge is -2.15. The number of aryl methyl sites for hydroxylation is 1. The van der Waals surface area contributed by atoms with Crippen LogP contribution < -0.4 is 5.73 Å². The molecule has 0 bridgehead atoms. The Morgan fingerprint density at radius 3 is 2.65 bits per heavy atom. The van der Waals surface area contributed by atoms with Crippen LogP contribution in [0.4, 0.5) is 0 Å². The van der Waals surface area contributed by atoms with E-state index in [0.717, 1.165) is 24.3 Å². The molecule has 0 radical (unpaired) electrons. The predicted molar refractivity (Wildman–Crippen MR) is 71.9 cm³/mol.